The van der Waals surface area contributed by atoms with Crippen LogP contribution >= 0.6 is 0 Å². The van der Waals surface area contributed by atoms with E-state index < -0.39 is 0 Å². The molecule has 0 fully saturated rings. The highest BCUT2D eigenvalue weighted by Crippen LogP contribution is 2.30. The molecule has 1 aliphatic heterocycles. The maximum atomic E-state index is 12.7. The van der Waals surface area contributed by atoms with Gasteiger partial charge in [0, 0.05) is 13.0 Å². The molecule has 7 nitrogen and oxygen atoms in total. The summed E-state index contributed by atoms with van der Waals surface area (Å²) in [6.07, 6.45) is 2.58. The molecular formula is C22H25N5O2. The third-order valence-electron chi connectivity index (χ3n) is 4.92. The van der Waals surface area contributed by atoms with Crippen molar-refractivity contribution in [3.63, 3.8) is 0 Å². The van der Waals surface area contributed by atoms with E-state index in [1.807, 2.05) is 67.1 Å². The smallest absolute Gasteiger partial charge is 0.319 e. The number of urea groups is 1. The lowest BCUT2D eigenvalue weighted by Gasteiger charge is -2.23. The Morgan fingerprint density at radius 2 is 2.00 bits per heavy atom. The molecule has 2 aromatic carbocycles. The molecule has 150 valence electrons. The highest BCUT2D eigenvalue weighted by Gasteiger charge is 2.25. The van der Waals surface area contributed by atoms with Crippen molar-refractivity contribution in [3.05, 3.63) is 65.7 Å². The number of nitrogens with one attached hydrogen (secondary N) is 2. The van der Waals surface area contributed by atoms with Crippen LogP contribution in [0.15, 0.2) is 48.5 Å². The van der Waals surface area contributed by atoms with E-state index in [4.69, 9.17) is 4.74 Å². The van der Waals surface area contributed by atoms with Crippen molar-refractivity contribution < 1.29 is 9.53 Å². The van der Waals surface area contributed by atoms with Gasteiger partial charge in [-0.25, -0.2) is 14.5 Å². The third kappa shape index (κ3) is 4.39. The zero-order chi connectivity index (χ0) is 20.2. The lowest BCUT2D eigenvalue weighted by molar-refractivity contribution is 0.244. The van der Waals surface area contributed by atoms with Crippen LogP contribution in [0.5, 0.6) is 11.5 Å². The van der Waals surface area contributed by atoms with Crippen molar-refractivity contribution in [1.82, 2.24) is 20.1 Å². The second-order valence-corrected chi connectivity index (χ2v) is 7.17. The Bertz CT molecular complexity index is 997. The van der Waals surface area contributed by atoms with Crippen LogP contribution in [0.25, 0.3) is 0 Å². The maximum Gasteiger partial charge on any atom is 0.319 e. The van der Waals surface area contributed by atoms with Gasteiger partial charge in [0.05, 0.1) is 11.7 Å². The average molecular weight is 391 g/mol. The molecule has 2 N–H and O–H groups in total. The fraction of sp³-hybridized carbons (Fsp3) is 0.318. The van der Waals surface area contributed by atoms with E-state index in [0.717, 1.165) is 48.8 Å². The van der Waals surface area contributed by atoms with E-state index in [9.17, 15) is 4.79 Å². The first-order valence-electron chi connectivity index (χ1n) is 9.97. The zero-order valence-electron chi connectivity index (χ0n) is 16.7. The number of carbonyl (C=O) groups is 1. The van der Waals surface area contributed by atoms with Crippen LogP contribution in [-0.2, 0) is 13.0 Å². The quantitative estimate of drug-likeness (QED) is 0.666. The lowest BCUT2D eigenvalue weighted by atomic mass is 10.1. The van der Waals surface area contributed by atoms with Gasteiger partial charge in [-0.3, -0.25) is 0 Å². The summed E-state index contributed by atoms with van der Waals surface area (Å²) in [7, 11) is 0. The molecule has 4 rings (SSSR count). The van der Waals surface area contributed by atoms with Crippen molar-refractivity contribution in [1.29, 1.82) is 0 Å². The number of carbonyl (C=O) groups excluding carboxylic acids is 1. The average Bonchev–Trinajstić information content (AvgIpc) is 3.16. The maximum absolute atomic E-state index is 12.7. The molecule has 0 saturated heterocycles. The molecule has 1 aliphatic rings. The van der Waals surface area contributed by atoms with Crippen LogP contribution in [0.1, 0.15) is 43.0 Å². The summed E-state index contributed by atoms with van der Waals surface area (Å²) in [5, 5.41) is 10.4. The summed E-state index contributed by atoms with van der Waals surface area (Å²) in [5.41, 5.74) is 1.77. The Morgan fingerprint density at radius 1 is 1.21 bits per heavy atom. The Balaban J connectivity index is 1.46. The van der Waals surface area contributed by atoms with Gasteiger partial charge in [-0.1, -0.05) is 36.8 Å². The van der Waals surface area contributed by atoms with Crippen LogP contribution in [0.4, 0.5) is 10.5 Å². The van der Waals surface area contributed by atoms with E-state index in [2.05, 4.69) is 20.7 Å². The monoisotopic (exact) mass is 391 g/mol. The van der Waals surface area contributed by atoms with Crippen LogP contribution in [-0.4, -0.2) is 20.8 Å². The molecule has 1 aromatic heterocycles. The molecule has 1 atom stereocenters. The number of para-hydroxylation sites is 2. The molecule has 1 unspecified atom stereocenters. The number of nitrogens with zero attached hydrogens (tertiary/aromatic N) is 3. The topological polar surface area (TPSA) is 81.1 Å². The minimum absolute atomic E-state index is 0.151. The molecule has 29 heavy (non-hydrogen) atoms. The summed E-state index contributed by atoms with van der Waals surface area (Å²) in [4.78, 5) is 17.3. The predicted molar refractivity (Wildman–Crippen MR) is 111 cm³/mol. The molecule has 0 bridgehead atoms. The molecule has 3 aromatic rings. The van der Waals surface area contributed by atoms with E-state index in [0.29, 0.717) is 11.4 Å². The summed E-state index contributed by atoms with van der Waals surface area (Å²) < 4.78 is 7.87. The van der Waals surface area contributed by atoms with Gasteiger partial charge >= 0.3 is 6.03 Å². The van der Waals surface area contributed by atoms with Crippen LogP contribution in [0.3, 0.4) is 0 Å². The SMILES string of the molecule is CCc1nc2n(n1)CCCC2NC(=O)Nc1ccccc1Oc1ccc(C)cc1. The largest absolute Gasteiger partial charge is 0.455 e. The predicted octanol–water partition coefficient (Wildman–Crippen LogP) is 4.60. The lowest BCUT2D eigenvalue weighted by Crippen LogP contribution is -2.36. The van der Waals surface area contributed by atoms with Crippen molar-refractivity contribution in [2.75, 3.05) is 5.32 Å². The van der Waals surface area contributed by atoms with Crippen molar-refractivity contribution in [2.45, 2.75) is 45.7 Å². The number of aryl methyl sites for hydroxylation is 3. The van der Waals surface area contributed by atoms with Gasteiger partial charge in [-0.15, -0.1) is 0 Å². The molecule has 0 aliphatic carbocycles. The Morgan fingerprint density at radius 3 is 2.79 bits per heavy atom. The Kier molecular flexibility index (Phi) is 5.46. The van der Waals surface area contributed by atoms with E-state index in [-0.39, 0.29) is 12.1 Å². The normalized spacial score (nSPS) is 15.4. The summed E-state index contributed by atoms with van der Waals surface area (Å²) >= 11 is 0. The number of hydrogen-bond donors (Lipinski definition) is 2. The first-order chi connectivity index (χ1) is 14.1. The molecule has 2 amide bonds. The molecule has 0 saturated carbocycles. The molecular weight excluding hydrogens is 366 g/mol. The minimum atomic E-state index is -0.288. The van der Waals surface area contributed by atoms with Crippen molar-refractivity contribution >= 4 is 11.7 Å². The first kappa shape index (κ1) is 19.0. The van der Waals surface area contributed by atoms with E-state index in [1.165, 1.54) is 0 Å². The number of amides is 2. The molecule has 0 radical (unpaired) electrons. The van der Waals surface area contributed by atoms with E-state index >= 15 is 0 Å². The fourth-order valence-electron chi connectivity index (χ4n) is 3.39. The number of aromatic nitrogens is 3. The van der Waals surface area contributed by atoms with Gasteiger partial charge in [0.15, 0.2) is 11.6 Å². The van der Waals surface area contributed by atoms with Crippen molar-refractivity contribution in [2.24, 2.45) is 0 Å². The van der Waals surface area contributed by atoms with Crippen LogP contribution in [0.2, 0.25) is 0 Å². The highest BCUT2D eigenvalue weighted by atomic mass is 16.5. The fourth-order valence-corrected chi connectivity index (χ4v) is 3.39. The molecule has 2 heterocycles. The minimum Gasteiger partial charge on any atom is -0.455 e. The van der Waals surface area contributed by atoms with Gasteiger partial charge in [0.25, 0.3) is 0 Å². The summed E-state index contributed by atoms with van der Waals surface area (Å²) in [6, 6.07) is 14.8. The molecule has 7 heteroatoms. The van der Waals surface area contributed by atoms with Gasteiger partial charge in [0.1, 0.15) is 11.6 Å². The number of fused-ring (bicyclic) bond motifs is 1. The van der Waals surface area contributed by atoms with Gasteiger partial charge in [-0.2, -0.15) is 5.10 Å². The highest BCUT2D eigenvalue weighted by molar-refractivity contribution is 5.91. The summed E-state index contributed by atoms with van der Waals surface area (Å²) in [6.45, 7) is 4.90. The number of rotatable bonds is 5. The number of hydrogen-bond acceptors (Lipinski definition) is 4. The standard InChI is InChI=1S/C22H25N5O2/c1-3-20-25-21-18(8-6-14-27(21)26-20)24-22(28)23-17-7-4-5-9-19(17)29-16-12-10-15(2)11-13-16/h4-5,7,9-13,18H,3,6,8,14H2,1-2H3,(H2,23,24,28). The van der Waals surface area contributed by atoms with Gasteiger partial charge in [0.2, 0.25) is 0 Å². The second-order valence-electron chi connectivity index (χ2n) is 7.17. The Hall–Kier alpha value is -3.35. The van der Waals surface area contributed by atoms with Gasteiger partial charge < -0.3 is 15.4 Å². The number of anilines is 1. The second kappa shape index (κ2) is 8.34. The molecule has 0 spiro atoms. The van der Waals surface area contributed by atoms with E-state index in [1.54, 1.807) is 0 Å². The Labute approximate surface area is 170 Å². The summed E-state index contributed by atoms with van der Waals surface area (Å²) in [5.74, 6) is 2.95. The third-order valence-corrected chi connectivity index (χ3v) is 4.92. The zero-order valence-corrected chi connectivity index (χ0v) is 16.7. The van der Waals surface area contributed by atoms with Crippen LogP contribution in [0, 0.1) is 6.92 Å². The number of benzene rings is 2. The van der Waals surface area contributed by atoms with Crippen molar-refractivity contribution in [3.8, 4) is 11.5 Å². The van der Waals surface area contributed by atoms with Crippen LogP contribution < -0.4 is 15.4 Å². The first-order valence-corrected chi connectivity index (χ1v) is 9.97. The van der Waals surface area contributed by atoms with Gasteiger partial charge in [-0.05, 0) is 44.0 Å². The number of ether oxygens (including phenoxy) is 1.